The van der Waals surface area contributed by atoms with Crippen LogP contribution in [0.2, 0.25) is 0 Å². The molecule has 4 aromatic rings. The summed E-state index contributed by atoms with van der Waals surface area (Å²) in [6.45, 7) is 0. The van der Waals surface area contributed by atoms with E-state index in [1.807, 2.05) is 30.6 Å². The van der Waals surface area contributed by atoms with Gasteiger partial charge in [-0.1, -0.05) is 28.1 Å². The van der Waals surface area contributed by atoms with Crippen molar-refractivity contribution < 1.29 is 9.14 Å². The van der Waals surface area contributed by atoms with Crippen molar-refractivity contribution >= 4 is 32.5 Å². The Morgan fingerprint density at radius 2 is 2.00 bits per heavy atom. The topological polar surface area (TPSA) is 42.0 Å². The Labute approximate surface area is 141 Å². The first-order valence-electron chi connectivity index (χ1n) is 7.34. The molecule has 0 aliphatic heterocycles. The van der Waals surface area contributed by atoms with Crippen LogP contribution in [0.5, 0.6) is 5.75 Å². The number of aromatic nitrogens is 3. The lowest BCUT2D eigenvalue weighted by Crippen LogP contribution is -2.26. The van der Waals surface area contributed by atoms with E-state index in [4.69, 9.17) is 4.74 Å². The minimum Gasteiger partial charge on any atom is -0.497 e. The first-order valence-corrected chi connectivity index (χ1v) is 8.13. The number of H-pyrrole nitrogens is 1. The van der Waals surface area contributed by atoms with Crippen molar-refractivity contribution in [2.24, 2.45) is 0 Å². The number of ether oxygens (including phenoxy) is 1. The number of hydrogen-bond acceptors (Lipinski definition) is 2. The van der Waals surface area contributed by atoms with Crippen molar-refractivity contribution in [3.05, 3.63) is 70.7 Å². The van der Waals surface area contributed by atoms with Crippen LogP contribution < -0.4 is 9.14 Å². The summed E-state index contributed by atoms with van der Waals surface area (Å²) in [6.07, 6.45) is 4.70. The molecule has 2 heterocycles. The van der Waals surface area contributed by atoms with Crippen LogP contribution in [0.4, 0.5) is 0 Å². The second kappa shape index (κ2) is 5.66. The number of aromatic amines is 1. The monoisotopic (exact) mass is 368 g/mol. The fraction of sp³-hybridized carbons (Fsp3) is 0.111. The van der Waals surface area contributed by atoms with Crippen molar-refractivity contribution in [2.75, 3.05) is 7.11 Å². The molecule has 114 valence electrons. The van der Waals surface area contributed by atoms with Crippen LogP contribution in [0.3, 0.4) is 0 Å². The lowest BCUT2D eigenvalue weighted by molar-refractivity contribution is -0.491. The smallest absolute Gasteiger partial charge is 0.264 e. The summed E-state index contributed by atoms with van der Waals surface area (Å²) in [5.41, 5.74) is 4.29. The second-order valence-electron chi connectivity index (χ2n) is 5.41. The fourth-order valence-electron chi connectivity index (χ4n) is 2.81. The maximum atomic E-state index is 5.29. The van der Waals surface area contributed by atoms with Gasteiger partial charge in [0.05, 0.1) is 19.7 Å². The zero-order chi connectivity index (χ0) is 15.8. The van der Waals surface area contributed by atoms with Crippen molar-refractivity contribution in [2.45, 2.75) is 6.42 Å². The molecular weight excluding hydrogens is 354 g/mol. The zero-order valence-corrected chi connectivity index (χ0v) is 14.2. The van der Waals surface area contributed by atoms with E-state index in [9.17, 15) is 0 Å². The van der Waals surface area contributed by atoms with Crippen molar-refractivity contribution in [3.8, 4) is 5.75 Å². The number of nitrogens with one attached hydrogen (secondary N) is 1. The highest BCUT2D eigenvalue weighted by molar-refractivity contribution is 9.10. The van der Waals surface area contributed by atoms with E-state index >= 15 is 0 Å². The molecule has 0 fully saturated rings. The van der Waals surface area contributed by atoms with Gasteiger partial charge < -0.3 is 4.74 Å². The van der Waals surface area contributed by atoms with E-state index in [0.29, 0.717) is 0 Å². The summed E-state index contributed by atoms with van der Waals surface area (Å²) < 4.78 is 8.59. The molecule has 0 aliphatic rings. The number of hydrogen-bond donors (Lipinski definition) is 1. The number of methoxy groups -OCH3 is 1. The van der Waals surface area contributed by atoms with E-state index in [1.165, 1.54) is 5.56 Å². The van der Waals surface area contributed by atoms with Gasteiger partial charge in [0.1, 0.15) is 17.5 Å². The highest BCUT2D eigenvalue weighted by Gasteiger charge is 2.16. The van der Waals surface area contributed by atoms with E-state index in [1.54, 1.807) is 7.11 Å². The predicted molar refractivity (Wildman–Crippen MR) is 92.8 cm³/mol. The van der Waals surface area contributed by atoms with Gasteiger partial charge in [0, 0.05) is 10.5 Å². The Morgan fingerprint density at radius 1 is 1.17 bits per heavy atom. The molecule has 0 radical (unpaired) electrons. The van der Waals surface area contributed by atoms with Crippen LogP contribution in [0.25, 0.3) is 16.6 Å². The van der Waals surface area contributed by atoms with E-state index < -0.39 is 0 Å². The third-order valence-corrected chi connectivity index (χ3v) is 4.49. The Kier molecular flexibility index (Phi) is 3.50. The highest BCUT2D eigenvalue weighted by atomic mass is 79.9. The molecule has 0 bridgehead atoms. The van der Waals surface area contributed by atoms with Gasteiger partial charge in [-0.15, -0.1) is 0 Å². The SMILES string of the molecule is COc1ccc2c(c1)ncc1c[nH]c(Cc3ccc(Br)cc3)[n+]12. The van der Waals surface area contributed by atoms with Crippen LogP contribution in [0.15, 0.2) is 59.3 Å². The first kappa shape index (κ1) is 14.2. The predicted octanol–water partition coefficient (Wildman–Crippen LogP) is 3.66. The maximum absolute atomic E-state index is 5.29. The summed E-state index contributed by atoms with van der Waals surface area (Å²) in [4.78, 5) is 7.90. The average Bonchev–Trinajstić information content (AvgIpc) is 2.99. The van der Waals surface area contributed by atoms with Gasteiger partial charge >= 0.3 is 0 Å². The van der Waals surface area contributed by atoms with Crippen LogP contribution in [-0.4, -0.2) is 17.1 Å². The van der Waals surface area contributed by atoms with Gasteiger partial charge in [0.15, 0.2) is 11.0 Å². The van der Waals surface area contributed by atoms with Crippen LogP contribution >= 0.6 is 15.9 Å². The number of halogens is 1. The first-order chi connectivity index (χ1) is 11.2. The minimum absolute atomic E-state index is 0.815. The number of imidazole rings is 1. The molecule has 4 rings (SSSR count). The molecule has 0 atom stereocenters. The van der Waals surface area contributed by atoms with Gasteiger partial charge in [-0.3, -0.25) is 0 Å². The molecular formula is C18H15BrN3O+. The van der Waals surface area contributed by atoms with Crippen molar-refractivity contribution in [1.29, 1.82) is 0 Å². The largest absolute Gasteiger partial charge is 0.497 e. The standard InChI is InChI=1S/C18H14BrN3O/c1-23-15-6-7-17-16(9-15)20-10-14-11-21-18(22(14)17)8-12-2-4-13(19)5-3-12/h2-7,9-11H,8H2,1H3/p+1. The molecule has 0 unspecified atom stereocenters. The molecule has 0 saturated carbocycles. The van der Waals surface area contributed by atoms with Gasteiger partial charge in [-0.2, -0.15) is 4.40 Å². The normalized spacial score (nSPS) is 11.2. The molecule has 1 N–H and O–H groups in total. The lowest BCUT2D eigenvalue weighted by atomic mass is 10.1. The van der Waals surface area contributed by atoms with Gasteiger partial charge in [-0.05, 0) is 29.8 Å². The molecule has 4 nitrogen and oxygen atoms in total. The Morgan fingerprint density at radius 3 is 2.78 bits per heavy atom. The van der Waals surface area contributed by atoms with Gasteiger partial charge in [-0.25, -0.2) is 9.97 Å². The summed E-state index contributed by atoms with van der Waals surface area (Å²) in [6, 6.07) is 14.4. The quantitative estimate of drug-likeness (QED) is 0.560. The highest BCUT2D eigenvalue weighted by Crippen LogP contribution is 2.18. The summed E-state index contributed by atoms with van der Waals surface area (Å²) in [5.74, 6) is 1.94. The van der Waals surface area contributed by atoms with E-state index in [2.05, 4.69) is 54.6 Å². The molecule has 0 amide bonds. The third kappa shape index (κ3) is 2.57. The van der Waals surface area contributed by atoms with Crippen molar-refractivity contribution in [1.82, 2.24) is 9.97 Å². The summed E-state index contributed by atoms with van der Waals surface area (Å²) in [5, 5.41) is 0. The maximum Gasteiger partial charge on any atom is 0.264 e. The van der Waals surface area contributed by atoms with Crippen LogP contribution in [0.1, 0.15) is 11.4 Å². The van der Waals surface area contributed by atoms with Crippen molar-refractivity contribution in [3.63, 3.8) is 0 Å². The molecule has 2 aromatic carbocycles. The molecule has 0 spiro atoms. The number of nitrogens with zero attached hydrogens (tertiary/aromatic N) is 2. The zero-order valence-electron chi connectivity index (χ0n) is 12.6. The van der Waals surface area contributed by atoms with Crippen LogP contribution in [0, 0.1) is 0 Å². The van der Waals surface area contributed by atoms with Crippen LogP contribution in [-0.2, 0) is 6.42 Å². The average molecular weight is 369 g/mol. The Bertz CT molecular complexity index is 992. The Balaban J connectivity index is 1.86. The second-order valence-corrected chi connectivity index (χ2v) is 6.33. The number of rotatable bonds is 3. The molecule has 2 aromatic heterocycles. The fourth-order valence-corrected chi connectivity index (χ4v) is 3.07. The third-order valence-electron chi connectivity index (χ3n) is 3.96. The lowest BCUT2D eigenvalue weighted by Gasteiger charge is -2.03. The molecule has 0 saturated heterocycles. The van der Waals surface area contributed by atoms with E-state index in [0.717, 1.165) is 39.0 Å². The summed E-state index contributed by atoms with van der Waals surface area (Å²) >= 11 is 3.48. The summed E-state index contributed by atoms with van der Waals surface area (Å²) in [7, 11) is 1.67. The number of fused-ring (bicyclic) bond motifs is 3. The number of benzene rings is 2. The van der Waals surface area contributed by atoms with Gasteiger partial charge in [0.2, 0.25) is 0 Å². The molecule has 5 heteroatoms. The minimum atomic E-state index is 0.815. The molecule has 23 heavy (non-hydrogen) atoms. The van der Waals surface area contributed by atoms with Gasteiger partial charge in [0.25, 0.3) is 5.82 Å². The Hall–Kier alpha value is -2.40. The van der Waals surface area contributed by atoms with E-state index in [-0.39, 0.29) is 0 Å². The molecule has 0 aliphatic carbocycles.